The Morgan fingerprint density at radius 1 is 1.47 bits per heavy atom. The summed E-state index contributed by atoms with van der Waals surface area (Å²) in [5, 5.41) is 13.4. The van der Waals surface area contributed by atoms with Crippen LogP contribution in [0.2, 0.25) is 0 Å². The van der Waals surface area contributed by atoms with Gasteiger partial charge in [-0.3, -0.25) is 10.1 Å². The molecule has 0 bridgehead atoms. The number of amides is 3. The largest absolute Gasteiger partial charge is 0.370 e. The van der Waals surface area contributed by atoms with Crippen LogP contribution in [0, 0.1) is 11.3 Å². The Balaban J connectivity index is 2.38. The zero-order valence-corrected chi connectivity index (χ0v) is 8.93. The molecule has 1 aromatic rings. The maximum absolute atomic E-state index is 11.0. The molecule has 7 nitrogen and oxygen atoms in total. The Morgan fingerprint density at radius 3 is 2.88 bits per heavy atom. The molecule has 1 heterocycles. The van der Waals surface area contributed by atoms with Crippen LogP contribution in [0.3, 0.4) is 0 Å². The van der Waals surface area contributed by atoms with E-state index in [4.69, 9.17) is 11.0 Å². The SMILES string of the molecule is N#Cc1cccc(NCCC(=O)NC(N)=O)n1. The molecule has 7 heteroatoms. The maximum atomic E-state index is 11.0. The third kappa shape index (κ3) is 4.61. The molecule has 0 aliphatic heterocycles. The van der Waals surface area contributed by atoms with Crippen molar-refractivity contribution in [3.8, 4) is 6.07 Å². The van der Waals surface area contributed by atoms with E-state index in [0.717, 1.165) is 0 Å². The summed E-state index contributed by atoms with van der Waals surface area (Å²) in [6.07, 6.45) is 0.0847. The van der Waals surface area contributed by atoms with Crippen molar-refractivity contribution in [3.05, 3.63) is 23.9 Å². The number of nitrogens with one attached hydrogen (secondary N) is 2. The Hall–Kier alpha value is -2.62. The molecule has 4 N–H and O–H groups in total. The van der Waals surface area contributed by atoms with E-state index >= 15 is 0 Å². The van der Waals surface area contributed by atoms with Gasteiger partial charge in [0.05, 0.1) is 0 Å². The fourth-order valence-corrected chi connectivity index (χ4v) is 1.10. The topological polar surface area (TPSA) is 121 Å². The number of hydrogen-bond acceptors (Lipinski definition) is 5. The molecule has 0 fully saturated rings. The first-order chi connectivity index (χ1) is 8.11. The number of urea groups is 1. The normalized spacial score (nSPS) is 9.12. The van der Waals surface area contributed by atoms with Gasteiger partial charge in [0.25, 0.3) is 0 Å². The smallest absolute Gasteiger partial charge is 0.318 e. The lowest BCUT2D eigenvalue weighted by Crippen LogP contribution is -2.35. The minimum Gasteiger partial charge on any atom is -0.370 e. The molecule has 88 valence electrons. The predicted octanol–water partition coefficient (Wildman–Crippen LogP) is -0.0498. The molecular weight excluding hydrogens is 222 g/mol. The molecule has 3 amide bonds. The number of carbonyl (C=O) groups is 2. The molecule has 0 spiro atoms. The van der Waals surface area contributed by atoms with Crippen molar-refractivity contribution in [3.63, 3.8) is 0 Å². The molecule has 0 aliphatic rings. The second-order valence-corrected chi connectivity index (χ2v) is 3.11. The lowest BCUT2D eigenvalue weighted by Gasteiger charge is -2.04. The average Bonchev–Trinajstić information content (AvgIpc) is 2.28. The summed E-state index contributed by atoms with van der Waals surface area (Å²) in [6, 6.07) is 5.95. The molecule has 0 aliphatic carbocycles. The van der Waals surface area contributed by atoms with Crippen LogP contribution in [0.5, 0.6) is 0 Å². The summed E-state index contributed by atoms with van der Waals surface area (Å²) in [5.41, 5.74) is 5.06. The van der Waals surface area contributed by atoms with E-state index in [1.54, 1.807) is 18.2 Å². The van der Waals surface area contributed by atoms with Crippen LogP contribution in [0.4, 0.5) is 10.6 Å². The summed E-state index contributed by atoms with van der Waals surface area (Å²) >= 11 is 0. The summed E-state index contributed by atoms with van der Waals surface area (Å²) in [4.78, 5) is 25.3. The Morgan fingerprint density at radius 2 is 2.24 bits per heavy atom. The predicted molar refractivity (Wildman–Crippen MR) is 59.8 cm³/mol. The number of pyridine rings is 1. The first kappa shape index (κ1) is 12.4. The number of carbonyl (C=O) groups excluding carboxylic acids is 2. The van der Waals surface area contributed by atoms with Gasteiger partial charge in [-0.1, -0.05) is 6.07 Å². The molecule has 0 saturated heterocycles. The summed E-state index contributed by atoms with van der Waals surface area (Å²) in [5.74, 6) is 0.0253. The third-order valence-corrected chi connectivity index (χ3v) is 1.78. The first-order valence-corrected chi connectivity index (χ1v) is 4.82. The monoisotopic (exact) mass is 233 g/mol. The van der Waals surface area contributed by atoms with Gasteiger partial charge in [0.2, 0.25) is 5.91 Å². The van der Waals surface area contributed by atoms with Gasteiger partial charge in [-0.25, -0.2) is 9.78 Å². The van der Waals surface area contributed by atoms with Crippen molar-refractivity contribution < 1.29 is 9.59 Å². The average molecular weight is 233 g/mol. The number of anilines is 1. The van der Waals surface area contributed by atoms with Crippen LogP contribution in [-0.4, -0.2) is 23.5 Å². The van der Waals surface area contributed by atoms with Gasteiger partial charge in [-0.15, -0.1) is 0 Å². The van der Waals surface area contributed by atoms with Crippen molar-refractivity contribution in [2.24, 2.45) is 5.73 Å². The van der Waals surface area contributed by atoms with Gasteiger partial charge in [0.1, 0.15) is 17.6 Å². The van der Waals surface area contributed by atoms with Crippen molar-refractivity contribution >= 4 is 17.8 Å². The number of hydrogen-bond donors (Lipinski definition) is 3. The number of nitriles is 1. The fraction of sp³-hybridized carbons (Fsp3) is 0.200. The van der Waals surface area contributed by atoms with Crippen molar-refractivity contribution in [2.45, 2.75) is 6.42 Å². The van der Waals surface area contributed by atoms with E-state index < -0.39 is 11.9 Å². The number of aromatic nitrogens is 1. The van der Waals surface area contributed by atoms with Gasteiger partial charge in [0.15, 0.2) is 0 Å². The van der Waals surface area contributed by atoms with E-state index in [0.29, 0.717) is 12.4 Å². The summed E-state index contributed by atoms with van der Waals surface area (Å²) in [6.45, 7) is 0.293. The molecule has 0 atom stereocenters. The standard InChI is InChI=1S/C10H11N5O2/c11-6-7-2-1-3-8(14-7)13-5-4-9(16)15-10(12)17/h1-3H,4-5H2,(H,13,14)(H3,12,15,16,17). The Labute approximate surface area is 97.6 Å². The Kier molecular flexibility index (Phi) is 4.45. The third-order valence-electron chi connectivity index (χ3n) is 1.78. The first-order valence-electron chi connectivity index (χ1n) is 4.82. The zero-order chi connectivity index (χ0) is 12.7. The van der Waals surface area contributed by atoms with Crippen molar-refractivity contribution in [2.75, 3.05) is 11.9 Å². The van der Waals surface area contributed by atoms with E-state index in [2.05, 4.69) is 10.3 Å². The zero-order valence-electron chi connectivity index (χ0n) is 8.93. The molecule has 17 heavy (non-hydrogen) atoms. The molecule has 1 aromatic heterocycles. The van der Waals surface area contributed by atoms with E-state index in [1.807, 2.05) is 11.4 Å². The Bertz CT molecular complexity index is 466. The second kappa shape index (κ2) is 6.07. The lowest BCUT2D eigenvalue weighted by molar-refractivity contribution is -0.119. The van der Waals surface area contributed by atoms with Crippen LogP contribution >= 0.6 is 0 Å². The van der Waals surface area contributed by atoms with Crippen molar-refractivity contribution in [1.29, 1.82) is 5.26 Å². The molecule has 0 radical (unpaired) electrons. The van der Waals surface area contributed by atoms with Gasteiger partial charge >= 0.3 is 6.03 Å². The minimum atomic E-state index is -0.875. The van der Waals surface area contributed by atoms with Gasteiger partial charge in [0, 0.05) is 13.0 Å². The lowest BCUT2D eigenvalue weighted by atomic mass is 10.3. The van der Waals surface area contributed by atoms with E-state index in [-0.39, 0.29) is 12.1 Å². The fourth-order valence-electron chi connectivity index (χ4n) is 1.10. The number of nitrogens with two attached hydrogens (primary N) is 1. The summed E-state index contributed by atoms with van der Waals surface area (Å²) in [7, 11) is 0. The minimum absolute atomic E-state index is 0.0847. The number of nitrogens with zero attached hydrogens (tertiary/aromatic N) is 2. The molecule has 0 aromatic carbocycles. The van der Waals surface area contributed by atoms with Crippen LogP contribution in [0.25, 0.3) is 0 Å². The van der Waals surface area contributed by atoms with Crippen molar-refractivity contribution in [1.82, 2.24) is 10.3 Å². The highest BCUT2D eigenvalue weighted by Crippen LogP contribution is 2.03. The van der Waals surface area contributed by atoms with Crippen LogP contribution < -0.4 is 16.4 Å². The number of rotatable bonds is 4. The van der Waals surface area contributed by atoms with Crippen LogP contribution in [0.15, 0.2) is 18.2 Å². The van der Waals surface area contributed by atoms with Crippen LogP contribution in [-0.2, 0) is 4.79 Å². The van der Waals surface area contributed by atoms with E-state index in [1.165, 1.54) is 0 Å². The molecular formula is C10H11N5O2. The number of imide groups is 1. The van der Waals surface area contributed by atoms with E-state index in [9.17, 15) is 9.59 Å². The van der Waals surface area contributed by atoms with Gasteiger partial charge < -0.3 is 11.1 Å². The molecule has 0 saturated carbocycles. The van der Waals surface area contributed by atoms with Gasteiger partial charge in [-0.05, 0) is 12.1 Å². The molecule has 1 rings (SSSR count). The second-order valence-electron chi connectivity index (χ2n) is 3.11. The van der Waals surface area contributed by atoms with Gasteiger partial charge in [-0.2, -0.15) is 5.26 Å². The highest BCUT2D eigenvalue weighted by atomic mass is 16.2. The van der Waals surface area contributed by atoms with Crippen LogP contribution in [0.1, 0.15) is 12.1 Å². The number of primary amides is 1. The summed E-state index contributed by atoms with van der Waals surface area (Å²) < 4.78 is 0. The molecule has 0 unspecified atom stereocenters. The highest BCUT2D eigenvalue weighted by molar-refractivity contribution is 5.93. The quantitative estimate of drug-likeness (QED) is 0.673. The highest BCUT2D eigenvalue weighted by Gasteiger charge is 2.03. The maximum Gasteiger partial charge on any atom is 0.318 e.